The predicted molar refractivity (Wildman–Crippen MR) is 155 cm³/mol. The Labute approximate surface area is 231 Å². The van der Waals surface area contributed by atoms with E-state index < -0.39 is 5.97 Å². The third-order valence-corrected chi connectivity index (χ3v) is 9.01. The normalized spacial score (nSPS) is 22.3. The predicted octanol–water partition coefficient (Wildman–Crippen LogP) is 5.17. The maximum atomic E-state index is 12.4. The minimum atomic E-state index is -0.615. The van der Waals surface area contributed by atoms with Crippen molar-refractivity contribution < 1.29 is 9.90 Å². The summed E-state index contributed by atoms with van der Waals surface area (Å²) in [5, 5.41) is 10.4. The van der Waals surface area contributed by atoms with Gasteiger partial charge in [0, 0.05) is 12.6 Å². The Morgan fingerprint density at radius 3 is 2.31 bits per heavy atom. The van der Waals surface area contributed by atoms with Gasteiger partial charge >= 0.3 is 5.97 Å². The maximum absolute atomic E-state index is 12.4. The zero-order valence-electron chi connectivity index (χ0n) is 23.1. The fourth-order valence-electron chi connectivity index (χ4n) is 6.76. The second kappa shape index (κ2) is 12.9. The Morgan fingerprint density at radius 1 is 0.897 bits per heavy atom. The van der Waals surface area contributed by atoms with E-state index in [0.29, 0.717) is 17.9 Å². The summed E-state index contributed by atoms with van der Waals surface area (Å²) in [6, 6.07) is 18.1. The summed E-state index contributed by atoms with van der Waals surface area (Å²) in [6.07, 6.45) is 10.7. The van der Waals surface area contributed by atoms with Gasteiger partial charge < -0.3 is 10.0 Å². The average Bonchev–Trinajstić information content (AvgIpc) is 3.45. The van der Waals surface area contributed by atoms with Crippen LogP contribution in [-0.4, -0.2) is 69.7 Å². The Balaban J connectivity index is 0.000000160. The summed E-state index contributed by atoms with van der Waals surface area (Å²) < 4.78 is 1.81. The minimum absolute atomic E-state index is 0.0927. The van der Waals surface area contributed by atoms with Gasteiger partial charge in [-0.1, -0.05) is 61.7 Å². The van der Waals surface area contributed by atoms with Crippen LogP contribution in [0.2, 0.25) is 0 Å². The van der Waals surface area contributed by atoms with Gasteiger partial charge in [-0.05, 0) is 88.3 Å². The molecule has 7 nitrogen and oxygen atoms in total. The Bertz CT molecular complexity index is 1280. The second-order valence-corrected chi connectivity index (χ2v) is 11.6. The first-order chi connectivity index (χ1) is 19.0. The number of carboxylic acids is 1. The number of aliphatic carboxylic acids is 1. The topological polar surface area (TPSA) is 78.7 Å². The molecule has 2 atom stereocenters. The van der Waals surface area contributed by atoms with E-state index in [9.17, 15) is 14.7 Å². The van der Waals surface area contributed by atoms with Crippen molar-refractivity contribution in [2.45, 2.75) is 69.4 Å². The molecule has 2 aromatic carbocycles. The number of likely N-dealkylation sites (tertiary alicyclic amines) is 2. The number of carbonyl (C=O) groups is 1. The van der Waals surface area contributed by atoms with Gasteiger partial charge in [0.05, 0.1) is 17.2 Å². The zero-order chi connectivity index (χ0) is 27.2. The van der Waals surface area contributed by atoms with Gasteiger partial charge in [0.25, 0.3) is 5.56 Å². The SMILES string of the molecule is CN1CCC(n2cnc3ccccc3c2=O)CC1.O=C(O)C(C1CCCCC1)N1CC[C@@H](c2ccccc2)C1. The number of hydrogen-bond donors (Lipinski definition) is 1. The Kier molecular flexibility index (Phi) is 9.09. The summed E-state index contributed by atoms with van der Waals surface area (Å²) in [7, 11) is 2.12. The molecule has 3 aromatic rings. The van der Waals surface area contributed by atoms with Crippen LogP contribution < -0.4 is 5.56 Å². The van der Waals surface area contributed by atoms with Gasteiger partial charge in [-0.2, -0.15) is 0 Å². The second-order valence-electron chi connectivity index (χ2n) is 11.6. The highest BCUT2D eigenvalue weighted by Crippen LogP contribution is 2.34. The molecule has 3 fully saturated rings. The molecule has 3 heterocycles. The molecular formula is C32H42N4O3. The number of carboxylic acid groups (broad SMARTS) is 1. The van der Waals surface area contributed by atoms with E-state index >= 15 is 0 Å². The van der Waals surface area contributed by atoms with E-state index in [2.05, 4.69) is 46.1 Å². The fourth-order valence-corrected chi connectivity index (χ4v) is 6.76. The van der Waals surface area contributed by atoms with Gasteiger partial charge in [-0.3, -0.25) is 19.1 Å². The number of rotatable bonds is 5. The fraction of sp³-hybridized carbons (Fsp3) is 0.531. The van der Waals surface area contributed by atoms with Crippen molar-refractivity contribution in [3.63, 3.8) is 0 Å². The third-order valence-electron chi connectivity index (χ3n) is 9.01. The molecule has 7 heteroatoms. The summed E-state index contributed by atoms with van der Waals surface area (Å²) in [6.45, 7) is 3.92. The van der Waals surface area contributed by atoms with Crippen LogP contribution in [0.3, 0.4) is 0 Å². The first-order valence-electron chi connectivity index (χ1n) is 14.7. The molecule has 0 radical (unpaired) electrons. The molecular weight excluding hydrogens is 488 g/mol. The van der Waals surface area contributed by atoms with Crippen molar-refractivity contribution >= 4 is 16.9 Å². The lowest BCUT2D eigenvalue weighted by atomic mass is 9.83. The highest BCUT2D eigenvalue weighted by atomic mass is 16.4. The quantitative estimate of drug-likeness (QED) is 0.490. The molecule has 208 valence electrons. The van der Waals surface area contributed by atoms with Gasteiger partial charge in [-0.15, -0.1) is 0 Å². The molecule has 1 aliphatic carbocycles. The van der Waals surface area contributed by atoms with Gasteiger partial charge in [0.15, 0.2) is 0 Å². The van der Waals surface area contributed by atoms with E-state index in [4.69, 9.17) is 0 Å². The first-order valence-corrected chi connectivity index (χ1v) is 14.7. The van der Waals surface area contributed by atoms with E-state index in [1.807, 2.05) is 34.9 Å². The van der Waals surface area contributed by atoms with Crippen LogP contribution in [0.25, 0.3) is 10.9 Å². The van der Waals surface area contributed by atoms with Gasteiger partial charge in [-0.25, -0.2) is 4.98 Å². The molecule has 3 aliphatic rings. The van der Waals surface area contributed by atoms with E-state index in [1.54, 1.807) is 6.33 Å². The highest BCUT2D eigenvalue weighted by molar-refractivity contribution is 5.77. The number of para-hydroxylation sites is 1. The number of fused-ring (bicyclic) bond motifs is 1. The zero-order valence-corrected chi connectivity index (χ0v) is 23.1. The van der Waals surface area contributed by atoms with E-state index in [0.717, 1.165) is 69.2 Å². The van der Waals surface area contributed by atoms with Crippen molar-refractivity contribution in [1.29, 1.82) is 0 Å². The molecule has 0 spiro atoms. The molecule has 2 saturated heterocycles. The van der Waals surface area contributed by atoms with Crippen LogP contribution in [0, 0.1) is 5.92 Å². The number of aromatic nitrogens is 2. The van der Waals surface area contributed by atoms with Crippen molar-refractivity contribution in [3.05, 3.63) is 76.8 Å². The molecule has 0 amide bonds. The van der Waals surface area contributed by atoms with Crippen molar-refractivity contribution in [2.75, 3.05) is 33.2 Å². The molecule has 2 aliphatic heterocycles. The summed E-state index contributed by atoms with van der Waals surface area (Å²) in [5.41, 5.74) is 2.23. The molecule has 1 saturated carbocycles. The lowest BCUT2D eigenvalue weighted by molar-refractivity contribution is -0.145. The third kappa shape index (κ3) is 6.59. The van der Waals surface area contributed by atoms with Crippen LogP contribution >= 0.6 is 0 Å². The van der Waals surface area contributed by atoms with E-state index in [-0.39, 0.29) is 11.6 Å². The number of nitrogens with zero attached hydrogens (tertiary/aromatic N) is 4. The summed E-state index contributed by atoms with van der Waals surface area (Å²) in [4.78, 5) is 33.1. The van der Waals surface area contributed by atoms with Crippen molar-refractivity contribution in [1.82, 2.24) is 19.4 Å². The van der Waals surface area contributed by atoms with Crippen molar-refractivity contribution in [2.24, 2.45) is 5.92 Å². The van der Waals surface area contributed by atoms with Crippen LogP contribution in [0.5, 0.6) is 0 Å². The monoisotopic (exact) mass is 530 g/mol. The van der Waals surface area contributed by atoms with Crippen molar-refractivity contribution in [3.8, 4) is 0 Å². The smallest absolute Gasteiger partial charge is 0.321 e. The molecule has 6 rings (SSSR count). The van der Waals surface area contributed by atoms with Crippen LogP contribution in [0.4, 0.5) is 0 Å². The number of hydrogen-bond acceptors (Lipinski definition) is 5. The maximum Gasteiger partial charge on any atom is 0.321 e. The van der Waals surface area contributed by atoms with Crippen LogP contribution in [0.1, 0.15) is 68.9 Å². The Hall–Kier alpha value is -3.03. The molecule has 39 heavy (non-hydrogen) atoms. The van der Waals surface area contributed by atoms with Gasteiger partial charge in [0.2, 0.25) is 0 Å². The molecule has 1 aromatic heterocycles. The molecule has 1 N–H and O–H groups in total. The average molecular weight is 531 g/mol. The van der Waals surface area contributed by atoms with Crippen LogP contribution in [-0.2, 0) is 4.79 Å². The standard InChI is InChI=1S/C18H25NO2.C14H17N3O/c20-18(21)17(15-9-5-2-6-10-15)19-12-11-16(13-19)14-7-3-1-4-8-14;1-16-8-6-11(7-9-16)17-10-15-13-5-3-2-4-12(13)14(17)18/h1,3-4,7-8,15-17H,2,5-6,9-13H2,(H,20,21);2-5,10-11H,6-9H2,1H3/t16-,17?;/m1./s1. The van der Waals surface area contributed by atoms with Gasteiger partial charge in [0.1, 0.15) is 6.04 Å². The van der Waals surface area contributed by atoms with E-state index in [1.165, 1.54) is 24.8 Å². The Morgan fingerprint density at radius 2 is 1.59 bits per heavy atom. The first kappa shape index (κ1) is 27.5. The highest BCUT2D eigenvalue weighted by Gasteiger charge is 2.38. The minimum Gasteiger partial charge on any atom is -0.480 e. The number of piperidine rings is 1. The number of benzene rings is 2. The molecule has 0 bridgehead atoms. The van der Waals surface area contributed by atoms with Crippen LogP contribution in [0.15, 0.2) is 65.7 Å². The lowest BCUT2D eigenvalue weighted by Crippen LogP contribution is -2.45. The lowest BCUT2D eigenvalue weighted by Gasteiger charge is -2.33. The summed E-state index contributed by atoms with van der Waals surface area (Å²) in [5.74, 6) is 0.234. The summed E-state index contributed by atoms with van der Waals surface area (Å²) >= 11 is 0. The largest absolute Gasteiger partial charge is 0.480 e. The molecule has 1 unspecified atom stereocenters.